The minimum absolute atomic E-state index is 0.123. The van der Waals surface area contributed by atoms with E-state index in [9.17, 15) is 18.0 Å². The zero-order valence-electron chi connectivity index (χ0n) is 23.1. The van der Waals surface area contributed by atoms with Crippen LogP contribution in [-0.2, 0) is 10.0 Å². The van der Waals surface area contributed by atoms with Crippen LogP contribution in [0.3, 0.4) is 0 Å². The van der Waals surface area contributed by atoms with Gasteiger partial charge in [-0.05, 0) is 67.6 Å². The second kappa shape index (κ2) is 11.5. The van der Waals surface area contributed by atoms with E-state index in [2.05, 4.69) is 20.5 Å². The third-order valence-corrected chi connectivity index (χ3v) is 8.51. The average molecular weight is 609 g/mol. The molecule has 0 spiro atoms. The van der Waals surface area contributed by atoms with Crippen LogP contribution < -0.4 is 21.1 Å². The number of nitrogens with one attached hydrogen (secondary N) is 3. The molecule has 2 heterocycles. The number of hydrogen-bond acceptors (Lipinski definition) is 9. The Morgan fingerprint density at radius 1 is 0.909 bits per heavy atom. The third-order valence-electron chi connectivity index (χ3n) is 6.84. The number of anilines is 2. The number of H-pyrrole nitrogens is 1. The molecule has 0 aliphatic carbocycles. The van der Waals surface area contributed by atoms with E-state index in [1.165, 1.54) is 18.5 Å². The Balaban J connectivity index is 1.26. The zero-order chi connectivity index (χ0) is 30.8. The molecule has 0 aliphatic heterocycles. The summed E-state index contributed by atoms with van der Waals surface area (Å²) in [5, 5.41) is 18.2. The number of rotatable bonds is 7. The van der Waals surface area contributed by atoms with Gasteiger partial charge in [0, 0.05) is 16.8 Å². The fraction of sp³-hybridized carbons (Fsp3) is 0.0323. The topological polar surface area (TPSA) is 168 Å². The standard InChI is InChI=1S/C31H24N6O6S/c1-19-5-15-24(16-6-19)44(41,42)37-18-32-29-25(3-2-4-28(29)37)26-17-27(34-35-30(26)38)20-7-9-21(10-8-20)33-31(39)43-23-13-11-22(36-40)12-14-23/h2-18,36,40H,1H3,(H,33,39)(H,35,38). The minimum atomic E-state index is -3.93. The molecular formula is C31H24N6O6S. The summed E-state index contributed by atoms with van der Waals surface area (Å²) in [5.74, 6) is 0.288. The molecule has 6 aromatic rings. The highest BCUT2D eigenvalue weighted by molar-refractivity contribution is 7.90. The highest BCUT2D eigenvalue weighted by Gasteiger charge is 2.22. The number of imidazole rings is 1. The molecule has 0 aliphatic rings. The summed E-state index contributed by atoms with van der Waals surface area (Å²) in [6.07, 6.45) is 0.529. The van der Waals surface area contributed by atoms with Gasteiger partial charge in [-0.2, -0.15) is 5.10 Å². The molecule has 0 unspecified atom stereocenters. The molecule has 4 N–H and O–H groups in total. The smallest absolute Gasteiger partial charge is 0.410 e. The van der Waals surface area contributed by atoms with Gasteiger partial charge in [0.05, 0.1) is 32.9 Å². The molecule has 1 amide bonds. The summed E-state index contributed by atoms with van der Waals surface area (Å²) in [6.45, 7) is 1.87. The summed E-state index contributed by atoms with van der Waals surface area (Å²) < 4.78 is 33.1. The molecule has 0 bridgehead atoms. The van der Waals surface area contributed by atoms with Crippen LogP contribution in [0.5, 0.6) is 5.75 Å². The van der Waals surface area contributed by atoms with E-state index >= 15 is 0 Å². The van der Waals surface area contributed by atoms with Gasteiger partial charge in [0.2, 0.25) is 0 Å². The first-order valence-corrected chi connectivity index (χ1v) is 14.6. The number of fused-ring (bicyclic) bond motifs is 1. The van der Waals surface area contributed by atoms with Crippen LogP contribution in [0, 0.1) is 6.92 Å². The van der Waals surface area contributed by atoms with Gasteiger partial charge in [0.15, 0.2) is 0 Å². The molecule has 6 rings (SSSR count). The Morgan fingerprint density at radius 3 is 2.32 bits per heavy atom. The molecular weight excluding hydrogens is 584 g/mol. The number of benzene rings is 4. The van der Waals surface area contributed by atoms with Gasteiger partial charge in [-0.15, -0.1) is 0 Å². The van der Waals surface area contributed by atoms with E-state index in [4.69, 9.17) is 9.94 Å². The number of aromatic amines is 1. The number of carbonyl (C=O) groups excluding carboxylic acids is 1. The lowest BCUT2D eigenvalue weighted by atomic mass is 10.0. The van der Waals surface area contributed by atoms with Gasteiger partial charge in [0.1, 0.15) is 12.1 Å². The molecule has 0 saturated heterocycles. The largest absolute Gasteiger partial charge is 0.417 e. The van der Waals surface area contributed by atoms with Gasteiger partial charge in [-0.1, -0.05) is 42.0 Å². The van der Waals surface area contributed by atoms with Crippen molar-refractivity contribution in [1.29, 1.82) is 0 Å². The molecule has 220 valence electrons. The van der Waals surface area contributed by atoms with Crippen molar-refractivity contribution < 1.29 is 23.2 Å². The first-order chi connectivity index (χ1) is 21.2. The molecule has 0 atom stereocenters. The van der Waals surface area contributed by atoms with Crippen LogP contribution >= 0.6 is 0 Å². The lowest BCUT2D eigenvalue weighted by Gasteiger charge is -2.09. The predicted molar refractivity (Wildman–Crippen MR) is 164 cm³/mol. The molecule has 13 heteroatoms. The van der Waals surface area contributed by atoms with Crippen molar-refractivity contribution in [3.8, 4) is 28.1 Å². The fourth-order valence-electron chi connectivity index (χ4n) is 4.58. The second-order valence-electron chi connectivity index (χ2n) is 9.76. The van der Waals surface area contributed by atoms with Crippen LogP contribution in [0.15, 0.2) is 113 Å². The number of aryl methyl sites for hydroxylation is 1. The van der Waals surface area contributed by atoms with E-state index in [0.717, 1.165) is 9.54 Å². The maximum absolute atomic E-state index is 13.4. The van der Waals surface area contributed by atoms with Gasteiger partial charge in [-0.25, -0.2) is 27.3 Å². The van der Waals surface area contributed by atoms with Gasteiger partial charge in [-0.3, -0.25) is 20.8 Å². The van der Waals surface area contributed by atoms with Crippen LogP contribution in [-0.4, -0.2) is 38.9 Å². The lowest BCUT2D eigenvalue weighted by molar-refractivity contribution is 0.215. The molecule has 4 aromatic carbocycles. The molecule has 44 heavy (non-hydrogen) atoms. The van der Waals surface area contributed by atoms with Crippen LogP contribution in [0.2, 0.25) is 0 Å². The summed E-state index contributed by atoms with van der Waals surface area (Å²) in [6, 6.07) is 26.0. The number of hydrogen-bond donors (Lipinski definition) is 4. The highest BCUT2D eigenvalue weighted by atomic mass is 32.2. The maximum atomic E-state index is 13.4. The van der Waals surface area contributed by atoms with Crippen molar-refractivity contribution in [3.05, 3.63) is 119 Å². The molecule has 12 nitrogen and oxygen atoms in total. The third kappa shape index (κ3) is 5.52. The normalized spacial score (nSPS) is 11.3. The van der Waals surface area contributed by atoms with Crippen LogP contribution in [0.1, 0.15) is 5.56 Å². The van der Waals surface area contributed by atoms with Crippen molar-refractivity contribution in [2.75, 3.05) is 10.8 Å². The fourth-order valence-corrected chi connectivity index (χ4v) is 5.86. The summed E-state index contributed by atoms with van der Waals surface area (Å²) in [5.41, 5.74) is 5.81. The van der Waals surface area contributed by atoms with Crippen LogP contribution in [0.4, 0.5) is 16.2 Å². The average Bonchev–Trinajstić information content (AvgIpc) is 3.48. The first kappa shape index (κ1) is 28.3. The van der Waals surface area contributed by atoms with E-state index < -0.39 is 21.7 Å². The van der Waals surface area contributed by atoms with Crippen molar-refractivity contribution in [2.24, 2.45) is 0 Å². The molecule has 2 aromatic heterocycles. The van der Waals surface area contributed by atoms with Gasteiger partial charge >= 0.3 is 6.09 Å². The number of ether oxygens (including phenoxy) is 1. The van der Waals surface area contributed by atoms with Gasteiger partial charge in [0.25, 0.3) is 15.6 Å². The highest BCUT2D eigenvalue weighted by Crippen LogP contribution is 2.30. The lowest BCUT2D eigenvalue weighted by Crippen LogP contribution is -2.16. The van der Waals surface area contributed by atoms with Gasteiger partial charge < -0.3 is 4.74 Å². The maximum Gasteiger partial charge on any atom is 0.417 e. The van der Waals surface area contributed by atoms with Crippen molar-refractivity contribution in [3.63, 3.8) is 0 Å². The van der Waals surface area contributed by atoms with E-state index in [1.807, 2.05) is 12.4 Å². The summed E-state index contributed by atoms with van der Waals surface area (Å²) >= 11 is 0. The van der Waals surface area contributed by atoms with Crippen molar-refractivity contribution >= 4 is 38.5 Å². The first-order valence-electron chi connectivity index (χ1n) is 13.2. The Bertz CT molecular complexity index is 2160. The van der Waals surface area contributed by atoms with E-state index in [-0.39, 0.29) is 16.2 Å². The SMILES string of the molecule is Cc1ccc(S(=O)(=O)n2cnc3c(-c4cc(-c5ccc(NC(=O)Oc6ccc(NO)cc6)cc5)n[nH]c4=O)cccc32)cc1. The number of amides is 1. The monoisotopic (exact) mass is 608 g/mol. The summed E-state index contributed by atoms with van der Waals surface area (Å²) in [7, 11) is -3.93. The van der Waals surface area contributed by atoms with E-state index in [0.29, 0.717) is 39.2 Å². The Labute approximate surface area is 250 Å². The molecule has 0 fully saturated rings. The molecule has 0 radical (unpaired) electrons. The Morgan fingerprint density at radius 2 is 1.61 bits per heavy atom. The van der Waals surface area contributed by atoms with Crippen molar-refractivity contribution in [1.82, 2.24) is 19.2 Å². The Kier molecular flexibility index (Phi) is 7.39. The quantitative estimate of drug-likeness (QED) is 0.173. The Hall–Kier alpha value is -5.79. The summed E-state index contributed by atoms with van der Waals surface area (Å²) in [4.78, 5) is 29.7. The number of para-hydroxylation sites is 1. The number of aromatic nitrogens is 4. The van der Waals surface area contributed by atoms with Crippen molar-refractivity contribution in [2.45, 2.75) is 11.8 Å². The predicted octanol–water partition coefficient (Wildman–Crippen LogP) is 5.41. The second-order valence-corrected chi connectivity index (χ2v) is 11.6. The minimum Gasteiger partial charge on any atom is -0.410 e. The molecule has 0 saturated carbocycles. The number of carbonyl (C=O) groups is 1. The van der Waals surface area contributed by atoms with E-state index in [1.54, 1.807) is 84.9 Å². The number of nitrogens with zero attached hydrogens (tertiary/aromatic N) is 3. The van der Waals surface area contributed by atoms with Crippen LogP contribution in [0.25, 0.3) is 33.4 Å². The zero-order valence-corrected chi connectivity index (χ0v) is 23.9.